The molecule has 1 unspecified atom stereocenters. The molecule has 0 spiro atoms. The summed E-state index contributed by atoms with van der Waals surface area (Å²) in [5.41, 5.74) is 1.92. The second-order valence-corrected chi connectivity index (χ2v) is 8.17. The molecule has 10 heteroatoms. The highest BCUT2D eigenvalue weighted by atomic mass is 127. The van der Waals surface area contributed by atoms with Crippen LogP contribution in [0.5, 0.6) is 0 Å². The lowest BCUT2D eigenvalue weighted by Crippen LogP contribution is -2.52. The van der Waals surface area contributed by atoms with Gasteiger partial charge in [0.2, 0.25) is 0 Å². The quantitative estimate of drug-likeness (QED) is 0.311. The number of nitrogens with zero attached hydrogens (tertiary/aromatic N) is 5. The molecule has 0 amide bonds. The number of hydrogen-bond acceptors (Lipinski definition) is 6. The Balaban J connectivity index is 0.00000306. The number of rotatable bonds is 7. The maximum absolute atomic E-state index is 14.0. The molecule has 0 saturated carbocycles. The Kier molecular flexibility index (Phi) is 10.4. The first-order valence-electron chi connectivity index (χ1n) is 11.4. The molecule has 8 nitrogen and oxygen atoms in total. The van der Waals surface area contributed by atoms with E-state index in [4.69, 9.17) is 14.3 Å². The Morgan fingerprint density at radius 1 is 1.15 bits per heavy atom. The standard InChI is InChI=1S/C23H33FN6O2.HI/c1-2-25-23(30-9-7-28(8-10-30)18-21-6-13-32-27-21)26-17-22(29-11-14-31-15-12-29)19-4-3-5-20(24)16-19;/h3-6,13,16,22H,2,7-12,14-15,17-18H2,1H3,(H,25,26);1H. The van der Waals surface area contributed by atoms with Crippen molar-refractivity contribution in [2.75, 3.05) is 65.6 Å². The zero-order chi connectivity index (χ0) is 22.2. The zero-order valence-electron chi connectivity index (χ0n) is 19.2. The van der Waals surface area contributed by atoms with E-state index in [-0.39, 0.29) is 35.8 Å². The van der Waals surface area contributed by atoms with Gasteiger partial charge in [-0.05, 0) is 24.6 Å². The minimum Gasteiger partial charge on any atom is -0.379 e. The molecule has 4 rings (SSSR count). The van der Waals surface area contributed by atoms with E-state index < -0.39 is 0 Å². The van der Waals surface area contributed by atoms with Crippen molar-refractivity contribution < 1.29 is 13.7 Å². The van der Waals surface area contributed by atoms with Gasteiger partial charge >= 0.3 is 0 Å². The van der Waals surface area contributed by atoms with Crippen LogP contribution in [0.25, 0.3) is 0 Å². The fourth-order valence-corrected chi connectivity index (χ4v) is 4.30. The highest BCUT2D eigenvalue weighted by Crippen LogP contribution is 2.23. The molecule has 1 aromatic carbocycles. The largest absolute Gasteiger partial charge is 0.379 e. The lowest BCUT2D eigenvalue weighted by Gasteiger charge is -2.37. The lowest BCUT2D eigenvalue weighted by atomic mass is 10.0. The van der Waals surface area contributed by atoms with E-state index in [1.807, 2.05) is 12.1 Å². The predicted octanol–water partition coefficient (Wildman–Crippen LogP) is 2.59. The number of nitrogens with one attached hydrogen (secondary N) is 1. The Labute approximate surface area is 212 Å². The summed E-state index contributed by atoms with van der Waals surface area (Å²) in [6, 6.07) is 8.83. The third-order valence-electron chi connectivity index (χ3n) is 6.02. The van der Waals surface area contributed by atoms with E-state index in [1.54, 1.807) is 18.4 Å². The van der Waals surface area contributed by atoms with Crippen molar-refractivity contribution in [2.45, 2.75) is 19.5 Å². The molecule has 0 aliphatic carbocycles. The van der Waals surface area contributed by atoms with Gasteiger partial charge in [-0.3, -0.25) is 14.8 Å². The van der Waals surface area contributed by atoms with E-state index in [2.05, 4.69) is 32.1 Å². The van der Waals surface area contributed by atoms with E-state index in [0.717, 1.165) is 69.6 Å². The molecular formula is C23H34FIN6O2. The van der Waals surface area contributed by atoms with Crippen LogP contribution >= 0.6 is 24.0 Å². The summed E-state index contributed by atoms with van der Waals surface area (Å²) < 4.78 is 24.4. The van der Waals surface area contributed by atoms with Gasteiger partial charge in [0, 0.05) is 58.4 Å². The summed E-state index contributed by atoms with van der Waals surface area (Å²) in [7, 11) is 0. The van der Waals surface area contributed by atoms with Crippen molar-refractivity contribution in [3.63, 3.8) is 0 Å². The molecule has 2 saturated heterocycles. The Hall–Kier alpha value is -1.76. The highest BCUT2D eigenvalue weighted by molar-refractivity contribution is 14.0. The van der Waals surface area contributed by atoms with Crippen molar-refractivity contribution in [1.29, 1.82) is 0 Å². The van der Waals surface area contributed by atoms with Gasteiger partial charge in [0.05, 0.1) is 31.5 Å². The van der Waals surface area contributed by atoms with Gasteiger partial charge in [-0.1, -0.05) is 17.3 Å². The third-order valence-corrected chi connectivity index (χ3v) is 6.02. The number of guanidine groups is 1. The van der Waals surface area contributed by atoms with Gasteiger partial charge in [0.1, 0.15) is 12.1 Å². The average Bonchev–Trinajstić information content (AvgIpc) is 3.33. The predicted molar refractivity (Wildman–Crippen MR) is 136 cm³/mol. The zero-order valence-corrected chi connectivity index (χ0v) is 21.5. The number of benzene rings is 1. The number of halogens is 2. The normalized spacial score (nSPS) is 19.2. The lowest BCUT2D eigenvalue weighted by molar-refractivity contribution is 0.0178. The summed E-state index contributed by atoms with van der Waals surface area (Å²) in [5.74, 6) is 0.711. The first kappa shape index (κ1) is 25.9. The van der Waals surface area contributed by atoms with Gasteiger partial charge < -0.3 is 19.5 Å². The highest BCUT2D eigenvalue weighted by Gasteiger charge is 2.25. The van der Waals surface area contributed by atoms with E-state index in [1.165, 1.54) is 6.07 Å². The molecule has 182 valence electrons. The number of aromatic nitrogens is 1. The van der Waals surface area contributed by atoms with Crippen LogP contribution in [0.3, 0.4) is 0 Å². The van der Waals surface area contributed by atoms with Gasteiger partial charge in [-0.25, -0.2) is 4.39 Å². The summed E-state index contributed by atoms with van der Waals surface area (Å²) in [6.07, 6.45) is 1.62. The fourth-order valence-electron chi connectivity index (χ4n) is 4.30. The maximum atomic E-state index is 14.0. The second kappa shape index (κ2) is 13.2. The van der Waals surface area contributed by atoms with Gasteiger partial charge in [0.25, 0.3) is 0 Å². The monoisotopic (exact) mass is 572 g/mol. The van der Waals surface area contributed by atoms with Crippen molar-refractivity contribution in [3.05, 3.63) is 53.7 Å². The first-order valence-corrected chi connectivity index (χ1v) is 11.4. The smallest absolute Gasteiger partial charge is 0.194 e. The molecule has 1 aromatic heterocycles. The minimum atomic E-state index is -0.208. The molecule has 2 fully saturated rings. The molecule has 1 N–H and O–H groups in total. The van der Waals surface area contributed by atoms with E-state index >= 15 is 0 Å². The SMILES string of the molecule is CCNC(=NCC(c1cccc(F)c1)N1CCOCC1)N1CCN(Cc2ccon2)CC1.I. The van der Waals surface area contributed by atoms with Crippen molar-refractivity contribution in [3.8, 4) is 0 Å². The van der Waals surface area contributed by atoms with Crippen LogP contribution in [0.15, 0.2) is 46.1 Å². The van der Waals surface area contributed by atoms with Gasteiger partial charge in [0.15, 0.2) is 5.96 Å². The molecule has 33 heavy (non-hydrogen) atoms. The topological polar surface area (TPSA) is 69.4 Å². The number of aliphatic imine (C=N–C) groups is 1. The van der Waals surface area contributed by atoms with E-state index in [9.17, 15) is 4.39 Å². The summed E-state index contributed by atoms with van der Waals surface area (Å²) in [5, 5.41) is 7.46. The van der Waals surface area contributed by atoms with Gasteiger partial charge in [-0.2, -0.15) is 0 Å². The van der Waals surface area contributed by atoms with Crippen LogP contribution in [0.2, 0.25) is 0 Å². The maximum Gasteiger partial charge on any atom is 0.194 e. The first-order chi connectivity index (χ1) is 15.7. The molecule has 0 bridgehead atoms. The van der Waals surface area contributed by atoms with Crippen molar-refractivity contribution in [2.24, 2.45) is 4.99 Å². The van der Waals surface area contributed by atoms with Crippen molar-refractivity contribution >= 4 is 29.9 Å². The van der Waals surface area contributed by atoms with E-state index in [0.29, 0.717) is 19.8 Å². The van der Waals surface area contributed by atoms with Crippen LogP contribution in [0, 0.1) is 5.82 Å². The number of morpholine rings is 1. The van der Waals surface area contributed by atoms with Crippen molar-refractivity contribution in [1.82, 2.24) is 25.2 Å². The summed E-state index contributed by atoms with van der Waals surface area (Å²) in [4.78, 5) is 12.0. The van der Waals surface area contributed by atoms with Crippen LogP contribution < -0.4 is 5.32 Å². The fraction of sp³-hybridized carbons (Fsp3) is 0.565. The van der Waals surface area contributed by atoms with Crippen LogP contribution in [0.1, 0.15) is 24.2 Å². The summed E-state index contributed by atoms with van der Waals surface area (Å²) in [6.45, 7) is 11.0. The third kappa shape index (κ3) is 7.36. The van der Waals surface area contributed by atoms with Gasteiger partial charge in [-0.15, -0.1) is 24.0 Å². The minimum absolute atomic E-state index is 0. The van der Waals surface area contributed by atoms with Crippen LogP contribution in [-0.4, -0.2) is 91.4 Å². The second-order valence-electron chi connectivity index (χ2n) is 8.17. The Bertz CT molecular complexity index is 854. The van der Waals surface area contributed by atoms with Crippen LogP contribution in [-0.2, 0) is 11.3 Å². The Morgan fingerprint density at radius 3 is 2.61 bits per heavy atom. The summed E-state index contributed by atoms with van der Waals surface area (Å²) >= 11 is 0. The number of hydrogen-bond donors (Lipinski definition) is 1. The number of piperazine rings is 1. The molecule has 3 heterocycles. The molecule has 2 aromatic rings. The number of ether oxygens (including phenoxy) is 1. The molecule has 2 aliphatic rings. The molecule has 0 radical (unpaired) electrons. The molecule has 2 aliphatic heterocycles. The van der Waals surface area contributed by atoms with Crippen LogP contribution in [0.4, 0.5) is 4.39 Å². The molecule has 1 atom stereocenters. The average molecular weight is 572 g/mol. The molecular weight excluding hydrogens is 538 g/mol. The Morgan fingerprint density at radius 2 is 1.94 bits per heavy atom.